The molecule has 0 saturated heterocycles. The topological polar surface area (TPSA) is 38.3 Å². The van der Waals surface area contributed by atoms with Crippen LogP contribution in [0.25, 0.3) is 0 Å². The van der Waals surface area contributed by atoms with Crippen LogP contribution in [0, 0.1) is 0 Å². The number of rotatable bonds is 2. The maximum atomic E-state index is 10.5. The molecule has 0 heterocycles. The van der Waals surface area contributed by atoms with Crippen molar-refractivity contribution in [1.82, 2.24) is 5.32 Å². The van der Waals surface area contributed by atoms with E-state index in [2.05, 4.69) is 22.7 Å². The van der Waals surface area contributed by atoms with Crippen LogP contribution >= 0.6 is 12.6 Å². The molecule has 1 unspecified atom stereocenters. The lowest BCUT2D eigenvalue weighted by Gasteiger charge is -2.05. The minimum absolute atomic E-state index is 0.149. The molecule has 4 heteroatoms. The highest BCUT2D eigenvalue weighted by molar-refractivity contribution is 7.80. The molecule has 1 amide bonds. The molecule has 0 saturated carbocycles. The van der Waals surface area contributed by atoms with Crippen LogP contribution in [-0.4, -0.2) is 18.1 Å². The Kier molecular flexibility index (Phi) is 4.30. The zero-order chi connectivity index (χ0) is 7.28. The molecule has 9 heavy (non-hydrogen) atoms. The van der Waals surface area contributed by atoms with Crippen LogP contribution in [0.4, 0.5) is 4.79 Å². The molecule has 54 valence electrons. The molecule has 3 nitrogen and oxygen atoms in total. The molecule has 1 N–H and O–H groups in total. The summed E-state index contributed by atoms with van der Waals surface area (Å²) in [6, 6.07) is 0. The third-order valence-electron chi connectivity index (χ3n) is 0.602. The summed E-state index contributed by atoms with van der Waals surface area (Å²) in [5, 5.41) is 2.30. The van der Waals surface area contributed by atoms with Gasteiger partial charge in [-0.25, -0.2) is 4.79 Å². The monoisotopic (exact) mass is 149 g/mol. The average Bonchev–Trinajstić information content (AvgIpc) is 1.63. The second kappa shape index (κ2) is 4.49. The highest BCUT2D eigenvalue weighted by Gasteiger charge is 2.00. The predicted molar refractivity (Wildman–Crippen MR) is 38.6 cm³/mol. The number of alkyl carbamates (subject to hydrolysis) is 1. The Morgan fingerprint density at radius 2 is 2.44 bits per heavy atom. The van der Waals surface area contributed by atoms with Gasteiger partial charge in [-0.1, -0.05) is 0 Å². The Bertz CT molecular complexity index is 95.0. The van der Waals surface area contributed by atoms with Gasteiger partial charge in [-0.15, -0.1) is 0 Å². The van der Waals surface area contributed by atoms with Crippen molar-refractivity contribution < 1.29 is 9.53 Å². The first-order valence-electron chi connectivity index (χ1n) is 2.78. The standard InChI is InChI=1S/C5H11NO2S/c1-3-8-5(7)6-4(2)9/h4,9H,3H2,1-2H3,(H,6,7). The number of ether oxygens (including phenoxy) is 1. The van der Waals surface area contributed by atoms with Crippen molar-refractivity contribution in [2.75, 3.05) is 6.61 Å². The van der Waals surface area contributed by atoms with Crippen molar-refractivity contribution in [2.24, 2.45) is 0 Å². The molecule has 1 atom stereocenters. The normalized spacial score (nSPS) is 12.3. The summed E-state index contributed by atoms with van der Waals surface area (Å²) in [5.74, 6) is 0. The zero-order valence-electron chi connectivity index (χ0n) is 5.55. The first-order chi connectivity index (χ1) is 4.16. The highest BCUT2D eigenvalue weighted by Crippen LogP contribution is 1.86. The van der Waals surface area contributed by atoms with Crippen molar-refractivity contribution in [2.45, 2.75) is 19.2 Å². The van der Waals surface area contributed by atoms with Gasteiger partial charge in [0, 0.05) is 0 Å². The molecular weight excluding hydrogens is 138 g/mol. The zero-order valence-corrected chi connectivity index (χ0v) is 6.44. The summed E-state index contributed by atoms with van der Waals surface area (Å²) in [7, 11) is 0. The molecule has 0 aliphatic rings. The summed E-state index contributed by atoms with van der Waals surface area (Å²) >= 11 is 3.92. The van der Waals surface area contributed by atoms with Gasteiger partial charge in [0.2, 0.25) is 0 Å². The molecular formula is C5H11NO2S. The SMILES string of the molecule is CCOC(=O)NC(C)S. The van der Waals surface area contributed by atoms with Crippen LogP contribution in [0.15, 0.2) is 0 Å². The summed E-state index contributed by atoms with van der Waals surface area (Å²) in [4.78, 5) is 10.5. The van der Waals surface area contributed by atoms with Crippen LogP contribution in [-0.2, 0) is 4.74 Å². The number of carbonyl (C=O) groups excluding carboxylic acids is 1. The Hall–Kier alpha value is -0.380. The predicted octanol–water partition coefficient (Wildman–Crippen LogP) is 1.01. The largest absolute Gasteiger partial charge is 0.450 e. The summed E-state index contributed by atoms with van der Waals surface area (Å²) in [6.07, 6.45) is -0.417. The molecule has 0 aliphatic carbocycles. The Morgan fingerprint density at radius 3 is 2.78 bits per heavy atom. The van der Waals surface area contributed by atoms with E-state index >= 15 is 0 Å². The van der Waals surface area contributed by atoms with E-state index in [4.69, 9.17) is 0 Å². The fourth-order valence-corrected chi connectivity index (χ4v) is 0.449. The van der Waals surface area contributed by atoms with Gasteiger partial charge < -0.3 is 10.1 Å². The summed E-state index contributed by atoms with van der Waals surface area (Å²) in [6.45, 7) is 3.90. The number of thiol groups is 1. The second-order valence-corrected chi connectivity index (χ2v) is 2.32. The Balaban J connectivity index is 3.27. The average molecular weight is 149 g/mol. The van der Waals surface area contributed by atoms with Gasteiger partial charge in [-0.2, -0.15) is 12.6 Å². The van der Waals surface area contributed by atoms with Gasteiger partial charge in [-0.3, -0.25) is 0 Å². The first-order valence-corrected chi connectivity index (χ1v) is 3.29. The third kappa shape index (κ3) is 5.49. The van der Waals surface area contributed by atoms with Crippen LogP contribution in [0.2, 0.25) is 0 Å². The van der Waals surface area contributed by atoms with Gasteiger partial charge in [0.1, 0.15) is 0 Å². The first kappa shape index (κ1) is 8.62. The molecule has 0 aromatic carbocycles. The fourth-order valence-electron chi connectivity index (χ4n) is 0.343. The van der Waals surface area contributed by atoms with Crippen molar-refractivity contribution in [3.8, 4) is 0 Å². The fraction of sp³-hybridized carbons (Fsp3) is 0.800. The van der Waals surface area contributed by atoms with E-state index in [1.807, 2.05) is 0 Å². The number of amides is 1. The van der Waals surface area contributed by atoms with Crippen LogP contribution < -0.4 is 5.32 Å². The van der Waals surface area contributed by atoms with E-state index in [1.54, 1.807) is 13.8 Å². The lowest BCUT2D eigenvalue weighted by Crippen LogP contribution is -2.29. The molecule has 0 fully saturated rings. The molecule has 0 rings (SSSR count). The van der Waals surface area contributed by atoms with Crippen molar-refractivity contribution in [1.29, 1.82) is 0 Å². The summed E-state index contributed by atoms with van der Waals surface area (Å²) < 4.78 is 4.55. The number of nitrogens with one attached hydrogen (secondary N) is 1. The highest BCUT2D eigenvalue weighted by atomic mass is 32.1. The van der Waals surface area contributed by atoms with Gasteiger partial charge in [0.25, 0.3) is 0 Å². The van der Waals surface area contributed by atoms with Gasteiger partial charge in [-0.05, 0) is 13.8 Å². The van der Waals surface area contributed by atoms with E-state index in [9.17, 15) is 4.79 Å². The van der Waals surface area contributed by atoms with Crippen molar-refractivity contribution >= 4 is 18.7 Å². The van der Waals surface area contributed by atoms with E-state index in [1.165, 1.54) is 0 Å². The van der Waals surface area contributed by atoms with Gasteiger partial charge in [0.05, 0.1) is 12.0 Å². The summed E-state index contributed by atoms with van der Waals surface area (Å²) in [5.41, 5.74) is 0. The smallest absolute Gasteiger partial charge is 0.407 e. The van der Waals surface area contributed by atoms with Crippen LogP contribution in [0.3, 0.4) is 0 Å². The molecule has 0 aromatic rings. The van der Waals surface area contributed by atoms with Crippen LogP contribution in [0.1, 0.15) is 13.8 Å². The van der Waals surface area contributed by atoms with E-state index in [0.29, 0.717) is 6.61 Å². The van der Waals surface area contributed by atoms with Crippen molar-refractivity contribution in [3.63, 3.8) is 0 Å². The molecule has 0 spiro atoms. The third-order valence-corrected chi connectivity index (χ3v) is 0.731. The van der Waals surface area contributed by atoms with E-state index in [0.717, 1.165) is 0 Å². The van der Waals surface area contributed by atoms with Gasteiger partial charge >= 0.3 is 6.09 Å². The molecule has 0 radical (unpaired) electrons. The molecule has 0 bridgehead atoms. The maximum Gasteiger partial charge on any atom is 0.407 e. The number of hydrogen-bond donors (Lipinski definition) is 2. The van der Waals surface area contributed by atoms with E-state index in [-0.39, 0.29) is 5.37 Å². The lowest BCUT2D eigenvalue weighted by molar-refractivity contribution is 0.152. The molecule has 0 aromatic heterocycles. The van der Waals surface area contributed by atoms with Gasteiger partial charge in [0.15, 0.2) is 0 Å². The lowest BCUT2D eigenvalue weighted by atomic mass is 10.7. The minimum atomic E-state index is -0.417. The quantitative estimate of drug-likeness (QED) is 0.454. The molecule has 0 aliphatic heterocycles. The number of carbonyl (C=O) groups is 1. The number of hydrogen-bond acceptors (Lipinski definition) is 3. The van der Waals surface area contributed by atoms with E-state index < -0.39 is 6.09 Å². The Morgan fingerprint density at radius 1 is 1.89 bits per heavy atom. The maximum absolute atomic E-state index is 10.5. The van der Waals surface area contributed by atoms with Crippen LogP contribution in [0.5, 0.6) is 0 Å². The second-order valence-electron chi connectivity index (χ2n) is 1.54. The minimum Gasteiger partial charge on any atom is -0.450 e. The Labute approximate surface area is 60.2 Å². The van der Waals surface area contributed by atoms with Crippen molar-refractivity contribution in [3.05, 3.63) is 0 Å².